The van der Waals surface area contributed by atoms with Gasteiger partial charge in [-0.15, -0.1) is 0 Å². The largest absolute Gasteiger partial charge is 0.342 e. The molecule has 0 bridgehead atoms. The van der Waals surface area contributed by atoms with E-state index in [4.69, 9.17) is 5.73 Å². The van der Waals surface area contributed by atoms with Crippen molar-refractivity contribution in [2.45, 2.75) is 12.8 Å². The molecule has 1 saturated heterocycles. The molecule has 0 radical (unpaired) electrons. The highest BCUT2D eigenvalue weighted by molar-refractivity contribution is 5.78. The van der Waals surface area contributed by atoms with E-state index < -0.39 is 0 Å². The number of hydrogen-bond acceptors (Lipinski definition) is 3. The van der Waals surface area contributed by atoms with E-state index in [-0.39, 0.29) is 5.91 Å². The molecule has 4 heteroatoms. The Kier molecular flexibility index (Phi) is 3.51. The highest BCUT2D eigenvalue weighted by Crippen LogP contribution is 2.15. The fourth-order valence-corrected chi connectivity index (χ4v) is 2.04. The van der Waals surface area contributed by atoms with E-state index in [1.54, 1.807) is 12.4 Å². The van der Waals surface area contributed by atoms with Crippen LogP contribution in [-0.2, 0) is 11.2 Å². The van der Waals surface area contributed by atoms with Crippen LogP contribution >= 0.6 is 0 Å². The maximum atomic E-state index is 11.9. The first-order valence-corrected chi connectivity index (χ1v) is 5.66. The fraction of sp³-hybridized carbons (Fsp3) is 0.500. The Labute approximate surface area is 95.5 Å². The van der Waals surface area contributed by atoms with Crippen molar-refractivity contribution >= 4 is 5.91 Å². The lowest BCUT2D eigenvalue weighted by atomic mass is 10.1. The van der Waals surface area contributed by atoms with E-state index >= 15 is 0 Å². The molecule has 2 rings (SSSR count). The zero-order chi connectivity index (χ0) is 11.4. The summed E-state index contributed by atoms with van der Waals surface area (Å²) in [4.78, 5) is 17.8. The minimum absolute atomic E-state index is 0.184. The van der Waals surface area contributed by atoms with E-state index in [2.05, 4.69) is 4.98 Å². The summed E-state index contributed by atoms with van der Waals surface area (Å²) in [6.07, 6.45) is 4.95. The molecule has 2 N–H and O–H groups in total. The second kappa shape index (κ2) is 5.07. The second-order valence-corrected chi connectivity index (χ2v) is 4.27. The van der Waals surface area contributed by atoms with Gasteiger partial charge in [0, 0.05) is 25.5 Å². The maximum absolute atomic E-state index is 11.9. The number of carbonyl (C=O) groups excluding carboxylic acids is 1. The molecule has 1 aliphatic rings. The van der Waals surface area contributed by atoms with Gasteiger partial charge in [0.05, 0.1) is 6.42 Å². The Balaban J connectivity index is 1.90. The molecule has 1 aromatic rings. The molecule has 1 atom stereocenters. The van der Waals surface area contributed by atoms with Gasteiger partial charge in [0.2, 0.25) is 5.91 Å². The van der Waals surface area contributed by atoms with Crippen LogP contribution in [0.3, 0.4) is 0 Å². The molecule has 1 amide bonds. The van der Waals surface area contributed by atoms with Crippen LogP contribution in [0.4, 0.5) is 0 Å². The summed E-state index contributed by atoms with van der Waals surface area (Å²) in [7, 11) is 0. The van der Waals surface area contributed by atoms with Crippen molar-refractivity contribution in [2.24, 2.45) is 11.7 Å². The minimum Gasteiger partial charge on any atom is -0.342 e. The third-order valence-corrected chi connectivity index (χ3v) is 3.05. The van der Waals surface area contributed by atoms with Crippen LogP contribution in [0.15, 0.2) is 24.5 Å². The summed E-state index contributed by atoms with van der Waals surface area (Å²) in [5.41, 5.74) is 6.58. The van der Waals surface area contributed by atoms with Gasteiger partial charge in [-0.2, -0.15) is 0 Å². The van der Waals surface area contributed by atoms with E-state index in [1.807, 2.05) is 17.0 Å². The highest BCUT2D eigenvalue weighted by atomic mass is 16.2. The quantitative estimate of drug-likeness (QED) is 0.802. The molecule has 0 saturated carbocycles. The van der Waals surface area contributed by atoms with Crippen LogP contribution in [0.5, 0.6) is 0 Å². The SMILES string of the molecule is NCC1CCN(C(=O)Cc2cccnc2)C1. The summed E-state index contributed by atoms with van der Waals surface area (Å²) in [5.74, 6) is 0.668. The molecule has 4 nitrogen and oxygen atoms in total. The number of nitrogens with two attached hydrogens (primary N) is 1. The van der Waals surface area contributed by atoms with Gasteiger partial charge >= 0.3 is 0 Å². The number of carbonyl (C=O) groups is 1. The van der Waals surface area contributed by atoms with Crippen molar-refractivity contribution in [3.63, 3.8) is 0 Å². The first-order valence-electron chi connectivity index (χ1n) is 5.66. The molecule has 0 spiro atoms. The average Bonchev–Trinajstić information content (AvgIpc) is 2.79. The molecular formula is C12H17N3O. The summed E-state index contributed by atoms with van der Waals surface area (Å²) in [6.45, 7) is 2.34. The monoisotopic (exact) mass is 219 g/mol. The standard InChI is InChI=1S/C12H17N3O/c13-7-11-3-5-15(9-11)12(16)6-10-2-1-4-14-8-10/h1-2,4,8,11H,3,5-7,9,13H2. The van der Waals surface area contributed by atoms with Crippen LogP contribution < -0.4 is 5.73 Å². The smallest absolute Gasteiger partial charge is 0.227 e. The normalized spacial score (nSPS) is 20.1. The van der Waals surface area contributed by atoms with Gasteiger partial charge in [0.1, 0.15) is 0 Å². The highest BCUT2D eigenvalue weighted by Gasteiger charge is 2.24. The van der Waals surface area contributed by atoms with Gasteiger partial charge in [0.15, 0.2) is 0 Å². The first-order chi connectivity index (χ1) is 7.79. The van der Waals surface area contributed by atoms with Crippen molar-refractivity contribution in [1.29, 1.82) is 0 Å². The molecule has 86 valence electrons. The molecule has 1 aliphatic heterocycles. The van der Waals surface area contributed by atoms with Crippen LogP contribution in [0.2, 0.25) is 0 Å². The zero-order valence-electron chi connectivity index (χ0n) is 9.30. The lowest BCUT2D eigenvalue weighted by Crippen LogP contribution is -2.31. The maximum Gasteiger partial charge on any atom is 0.227 e. The van der Waals surface area contributed by atoms with Gasteiger partial charge in [-0.25, -0.2) is 0 Å². The number of amides is 1. The second-order valence-electron chi connectivity index (χ2n) is 4.27. The van der Waals surface area contributed by atoms with Crippen molar-refractivity contribution in [2.75, 3.05) is 19.6 Å². The molecule has 1 aromatic heterocycles. The van der Waals surface area contributed by atoms with E-state index in [9.17, 15) is 4.79 Å². The van der Waals surface area contributed by atoms with E-state index in [0.29, 0.717) is 18.9 Å². The summed E-state index contributed by atoms with van der Waals surface area (Å²) < 4.78 is 0. The van der Waals surface area contributed by atoms with Crippen LogP contribution in [0.25, 0.3) is 0 Å². The van der Waals surface area contributed by atoms with Gasteiger partial charge in [0.25, 0.3) is 0 Å². The zero-order valence-corrected chi connectivity index (χ0v) is 9.30. The van der Waals surface area contributed by atoms with Crippen LogP contribution in [0.1, 0.15) is 12.0 Å². The van der Waals surface area contributed by atoms with Gasteiger partial charge in [-0.1, -0.05) is 6.07 Å². The Morgan fingerprint density at radius 2 is 2.50 bits per heavy atom. The van der Waals surface area contributed by atoms with Crippen LogP contribution in [0, 0.1) is 5.92 Å². The third-order valence-electron chi connectivity index (χ3n) is 3.05. The molecule has 1 fully saturated rings. The third kappa shape index (κ3) is 2.58. The Morgan fingerprint density at radius 3 is 3.12 bits per heavy atom. The number of nitrogens with zero attached hydrogens (tertiary/aromatic N) is 2. The number of rotatable bonds is 3. The van der Waals surface area contributed by atoms with Gasteiger partial charge in [-0.3, -0.25) is 9.78 Å². The lowest BCUT2D eigenvalue weighted by molar-refractivity contribution is -0.129. The summed E-state index contributed by atoms with van der Waals surface area (Å²) in [6, 6.07) is 3.79. The van der Waals surface area contributed by atoms with Crippen molar-refractivity contribution in [3.8, 4) is 0 Å². The van der Waals surface area contributed by atoms with E-state index in [0.717, 1.165) is 25.1 Å². The Hall–Kier alpha value is -1.42. The number of hydrogen-bond donors (Lipinski definition) is 1. The minimum atomic E-state index is 0.184. The lowest BCUT2D eigenvalue weighted by Gasteiger charge is -2.16. The van der Waals surface area contributed by atoms with Gasteiger partial charge in [-0.05, 0) is 30.5 Å². The summed E-state index contributed by atoms with van der Waals surface area (Å²) >= 11 is 0. The van der Waals surface area contributed by atoms with Crippen molar-refractivity contribution in [3.05, 3.63) is 30.1 Å². The van der Waals surface area contributed by atoms with E-state index in [1.165, 1.54) is 0 Å². The molecule has 16 heavy (non-hydrogen) atoms. The predicted octanol–water partition coefficient (Wildman–Crippen LogP) is 0.431. The fourth-order valence-electron chi connectivity index (χ4n) is 2.04. The predicted molar refractivity (Wildman–Crippen MR) is 61.7 cm³/mol. The van der Waals surface area contributed by atoms with Crippen LogP contribution in [-0.4, -0.2) is 35.4 Å². The number of aromatic nitrogens is 1. The number of pyridine rings is 1. The molecule has 2 heterocycles. The average molecular weight is 219 g/mol. The molecule has 0 aliphatic carbocycles. The molecular weight excluding hydrogens is 202 g/mol. The topological polar surface area (TPSA) is 59.2 Å². The molecule has 0 aromatic carbocycles. The van der Waals surface area contributed by atoms with Crippen molar-refractivity contribution in [1.82, 2.24) is 9.88 Å². The molecule has 1 unspecified atom stereocenters. The Bertz CT molecular complexity index is 353. The van der Waals surface area contributed by atoms with Gasteiger partial charge < -0.3 is 10.6 Å². The van der Waals surface area contributed by atoms with Crippen molar-refractivity contribution < 1.29 is 4.79 Å². The number of likely N-dealkylation sites (tertiary alicyclic amines) is 1. The first kappa shape index (κ1) is 11.1. The summed E-state index contributed by atoms with van der Waals surface area (Å²) in [5, 5.41) is 0. The Morgan fingerprint density at radius 1 is 1.62 bits per heavy atom.